The summed E-state index contributed by atoms with van der Waals surface area (Å²) in [5.74, 6) is -2.78. The number of anilines is 1. The minimum Gasteiger partial charge on any atom is -0.373 e. The van der Waals surface area contributed by atoms with Crippen LogP contribution in [0.4, 0.5) is 18.9 Å². The van der Waals surface area contributed by atoms with Crippen molar-refractivity contribution in [3.63, 3.8) is 0 Å². The highest BCUT2D eigenvalue weighted by atomic mass is 35.5. The molecule has 3 aliphatic rings. The number of rotatable bonds is 4. The number of fused-ring (bicyclic) bond motifs is 5. The van der Waals surface area contributed by atoms with E-state index in [0.29, 0.717) is 12.8 Å². The molecule has 7 nitrogen and oxygen atoms in total. The van der Waals surface area contributed by atoms with Crippen molar-refractivity contribution in [2.45, 2.75) is 37.8 Å². The molecule has 4 atom stereocenters. The SMILES string of the molecule is Cl.NCc1cc(NC(=O)CN2C(=O)C3C4CCC(O4)C3C2=O)cc(C(F)(F)F)c1. The van der Waals surface area contributed by atoms with E-state index in [1.165, 1.54) is 6.07 Å². The van der Waals surface area contributed by atoms with Crippen molar-refractivity contribution in [3.8, 4) is 0 Å². The molecule has 3 N–H and O–H groups in total. The number of hydrogen-bond donors (Lipinski definition) is 2. The van der Waals surface area contributed by atoms with E-state index in [0.717, 1.165) is 17.0 Å². The molecule has 0 aromatic heterocycles. The number of carbonyl (C=O) groups is 3. The summed E-state index contributed by atoms with van der Waals surface area (Å²) in [5, 5.41) is 2.33. The fraction of sp³-hybridized carbons (Fsp3) is 0.500. The van der Waals surface area contributed by atoms with Crippen LogP contribution < -0.4 is 11.1 Å². The quantitative estimate of drug-likeness (QED) is 0.703. The van der Waals surface area contributed by atoms with E-state index < -0.39 is 47.8 Å². The molecule has 29 heavy (non-hydrogen) atoms. The largest absolute Gasteiger partial charge is 0.416 e. The number of likely N-dealkylation sites (tertiary alicyclic amines) is 1. The molecule has 1 aromatic rings. The third-order valence-electron chi connectivity index (χ3n) is 5.52. The van der Waals surface area contributed by atoms with Crippen LogP contribution in [0.15, 0.2) is 18.2 Å². The highest BCUT2D eigenvalue weighted by Gasteiger charge is 2.62. The lowest BCUT2D eigenvalue weighted by Gasteiger charge is -2.18. The molecule has 2 bridgehead atoms. The van der Waals surface area contributed by atoms with E-state index in [1.54, 1.807) is 0 Å². The van der Waals surface area contributed by atoms with Gasteiger partial charge in [-0.3, -0.25) is 19.3 Å². The molecule has 3 fully saturated rings. The molecule has 158 valence electrons. The summed E-state index contributed by atoms with van der Waals surface area (Å²) in [5.41, 5.74) is 4.58. The van der Waals surface area contributed by atoms with Gasteiger partial charge in [0.25, 0.3) is 0 Å². The standard InChI is InChI=1S/C18H18F3N3O4.ClH/c19-18(20,21)9-3-8(6-22)4-10(5-9)23-13(25)7-24-16(26)14-11-1-2-12(28-11)15(14)17(24)27;/h3-5,11-12,14-15H,1-2,6-7,22H2,(H,23,25);1H. The molecule has 4 unspecified atom stereocenters. The molecule has 0 spiro atoms. The molecule has 11 heteroatoms. The maximum absolute atomic E-state index is 13.0. The molecule has 4 rings (SSSR count). The number of halogens is 4. The zero-order chi connectivity index (χ0) is 20.2. The Bertz CT molecular complexity index is 835. The number of amides is 3. The molecule has 0 radical (unpaired) electrons. The number of carbonyl (C=O) groups excluding carboxylic acids is 3. The third kappa shape index (κ3) is 3.72. The lowest BCUT2D eigenvalue weighted by molar-refractivity contribution is -0.145. The normalized spacial score (nSPS) is 27.8. The Labute approximate surface area is 170 Å². The number of alkyl halides is 3. The molecule has 3 saturated heterocycles. The first-order chi connectivity index (χ1) is 13.2. The number of nitrogens with two attached hydrogens (primary N) is 1. The van der Waals surface area contributed by atoms with Crippen molar-refractivity contribution >= 4 is 35.8 Å². The van der Waals surface area contributed by atoms with E-state index in [9.17, 15) is 27.6 Å². The molecule has 0 saturated carbocycles. The summed E-state index contributed by atoms with van der Waals surface area (Å²) in [6.07, 6.45) is -3.78. The zero-order valence-electron chi connectivity index (χ0n) is 15.1. The smallest absolute Gasteiger partial charge is 0.373 e. The molecule has 3 amide bonds. The predicted molar refractivity (Wildman–Crippen MR) is 96.8 cm³/mol. The molecule has 0 aliphatic carbocycles. The number of nitrogens with zero attached hydrogens (tertiary/aromatic N) is 1. The van der Waals surface area contributed by atoms with Crippen molar-refractivity contribution < 1.29 is 32.3 Å². The van der Waals surface area contributed by atoms with Crippen LogP contribution in [0.2, 0.25) is 0 Å². The average molecular weight is 434 g/mol. The van der Waals surface area contributed by atoms with E-state index >= 15 is 0 Å². The van der Waals surface area contributed by atoms with Crippen molar-refractivity contribution in [1.82, 2.24) is 4.90 Å². The van der Waals surface area contributed by atoms with Crippen LogP contribution in [-0.4, -0.2) is 41.4 Å². The molecule has 3 aliphatic heterocycles. The summed E-state index contributed by atoms with van der Waals surface area (Å²) in [4.78, 5) is 38.3. The number of hydrogen-bond acceptors (Lipinski definition) is 5. The van der Waals surface area contributed by atoms with Crippen molar-refractivity contribution in [3.05, 3.63) is 29.3 Å². The molecule has 3 heterocycles. The first-order valence-corrected chi connectivity index (χ1v) is 8.91. The van der Waals surface area contributed by atoms with Crippen molar-refractivity contribution in [2.75, 3.05) is 11.9 Å². The van der Waals surface area contributed by atoms with E-state index in [1.807, 2.05) is 0 Å². The van der Waals surface area contributed by atoms with Gasteiger partial charge in [-0.15, -0.1) is 12.4 Å². The first kappa shape index (κ1) is 21.5. The van der Waals surface area contributed by atoms with Gasteiger partial charge in [0.1, 0.15) is 6.54 Å². The summed E-state index contributed by atoms with van der Waals surface area (Å²) in [6, 6.07) is 3.01. The van der Waals surface area contributed by atoms with Gasteiger partial charge in [0.15, 0.2) is 0 Å². The van der Waals surface area contributed by atoms with Crippen LogP contribution in [0.25, 0.3) is 0 Å². The summed E-state index contributed by atoms with van der Waals surface area (Å²) in [7, 11) is 0. The fourth-order valence-electron chi connectivity index (χ4n) is 4.32. The van der Waals surface area contributed by atoms with Gasteiger partial charge in [-0.05, 0) is 36.6 Å². The Balaban J connectivity index is 0.00000240. The van der Waals surface area contributed by atoms with Gasteiger partial charge in [-0.1, -0.05) is 0 Å². The minimum absolute atomic E-state index is 0. The third-order valence-corrected chi connectivity index (χ3v) is 5.52. The van der Waals surface area contributed by atoms with Crippen LogP contribution >= 0.6 is 12.4 Å². The minimum atomic E-state index is -4.59. The molecular weight excluding hydrogens is 415 g/mol. The van der Waals surface area contributed by atoms with Gasteiger partial charge in [0.05, 0.1) is 29.6 Å². The van der Waals surface area contributed by atoms with Crippen LogP contribution in [0.3, 0.4) is 0 Å². The van der Waals surface area contributed by atoms with Crippen molar-refractivity contribution in [2.24, 2.45) is 17.6 Å². The summed E-state index contributed by atoms with van der Waals surface area (Å²) >= 11 is 0. The van der Waals surface area contributed by atoms with E-state index in [4.69, 9.17) is 10.5 Å². The van der Waals surface area contributed by atoms with Gasteiger partial charge in [-0.25, -0.2) is 0 Å². The lowest BCUT2D eigenvalue weighted by atomic mass is 9.81. The Morgan fingerprint density at radius 2 is 1.72 bits per heavy atom. The molecular formula is C18H19ClF3N3O4. The fourth-order valence-corrected chi connectivity index (χ4v) is 4.32. The summed E-state index contributed by atoms with van der Waals surface area (Å²) in [6.45, 7) is -0.680. The second-order valence-corrected chi connectivity index (χ2v) is 7.27. The van der Waals surface area contributed by atoms with Crippen LogP contribution in [-0.2, 0) is 31.8 Å². The van der Waals surface area contributed by atoms with Gasteiger partial charge in [0, 0.05) is 12.2 Å². The first-order valence-electron chi connectivity index (χ1n) is 8.91. The van der Waals surface area contributed by atoms with Gasteiger partial charge < -0.3 is 15.8 Å². The highest BCUT2D eigenvalue weighted by Crippen LogP contribution is 2.48. The monoisotopic (exact) mass is 433 g/mol. The van der Waals surface area contributed by atoms with E-state index in [2.05, 4.69) is 5.32 Å². The summed E-state index contributed by atoms with van der Waals surface area (Å²) < 4.78 is 44.6. The maximum Gasteiger partial charge on any atom is 0.416 e. The van der Waals surface area contributed by atoms with Gasteiger partial charge in [-0.2, -0.15) is 13.2 Å². The predicted octanol–water partition coefficient (Wildman–Crippen LogP) is 1.69. The van der Waals surface area contributed by atoms with Crippen molar-refractivity contribution in [1.29, 1.82) is 0 Å². The van der Waals surface area contributed by atoms with Crippen LogP contribution in [0.1, 0.15) is 24.0 Å². The van der Waals surface area contributed by atoms with Crippen LogP contribution in [0.5, 0.6) is 0 Å². The average Bonchev–Trinajstić information content (AvgIpc) is 3.30. The molecule has 1 aromatic carbocycles. The Morgan fingerprint density at radius 1 is 1.14 bits per heavy atom. The number of imide groups is 1. The topological polar surface area (TPSA) is 102 Å². The lowest BCUT2D eigenvalue weighted by Crippen LogP contribution is -2.40. The second kappa shape index (κ2) is 7.58. The highest BCUT2D eigenvalue weighted by molar-refractivity contribution is 6.09. The Hall–Kier alpha value is -2.17. The van der Waals surface area contributed by atoms with Gasteiger partial charge in [0.2, 0.25) is 17.7 Å². The maximum atomic E-state index is 13.0. The number of nitrogens with one attached hydrogen (secondary N) is 1. The Morgan fingerprint density at radius 3 is 2.24 bits per heavy atom. The Kier molecular flexibility index (Phi) is 5.63. The van der Waals surface area contributed by atoms with E-state index in [-0.39, 0.29) is 42.4 Å². The second-order valence-electron chi connectivity index (χ2n) is 7.27. The zero-order valence-corrected chi connectivity index (χ0v) is 15.9. The number of ether oxygens (including phenoxy) is 1. The number of benzene rings is 1. The van der Waals surface area contributed by atoms with Gasteiger partial charge >= 0.3 is 6.18 Å². The van der Waals surface area contributed by atoms with Crippen LogP contribution in [0, 0.1) is 11.8 Å².